The molecule has 0 unspecified atom stereocenters. The molecule has 1 heterocycles. The molecule has 0 amide bonds. The molecule has 2 N–H and O–H groups in total. The summed E-state index contributed by atoms with van der Waals surface area (Å²) in [5, 5.41) is 29.7. The Morgan fingerprint density at radius 3 is 2.48 bits per heavy atom. The molecule has 1 aliphatic rings. The van der Waals surface area contributed by atoms with Crippen LogP contribution in [0.5, 0.6) is 11.5 Å². The van der Waals surface area contributed by atoms with Gasteiger partial charge in [-0.05, 0) is 13.1 Å². The Bertz CT molecular complexity index is 567. The van der Waals surface area contributed by atoms with Crippen molar-refractivity contribution in [1.29, 1.82) is 0 Å². The highest BCUT2D eigenvalue weighted by atomic mass is 16.6. The van der Waals surface area contributed by atoms with Crippen molar-refractivity contribution >= 4 is 11.5 Å². The van der Waals surface area contributed by atoms with Crippen LogP contribution >= 0.6 is 0 Å². The van der Waals surface area contributed by atoms with E-state index >= 15 is 0 Å². The van der Waals surface area contributed by atoms with Gasteiger partial charge in [0.25, 0.3) is 0 Å². The minimum Gasteiger partial charge on any atom is -0.504 e. The van der Waals surface area contributed by atoms with Gasteiger partial charge in [-0.2, -0.15) is 0 Å². The number of likely N-dealkylation sites (N-methyl/N-ethyl adjacent to an activating group) is 1. The summed E-state index contributed by atoms with van der Waals surface area (Å²) in [7, 11) is 2.00. The normalized spacial score (nSPS) is 16.8. The smallest absolute Gasteiger partial charge is 0.315 e. The number of phenols is 2. The fourth-order valence-electron chi connectivity index (χ4n) is 2.20. The first-order chi connectivity index (χ1) is 9.88. The fraction of sp³-hybridized carbons (Fsp3) is 0.462. The van der Waals surface area contributed by atoms with Gasteiger partial charge >= 0.3 is 5.69 Å². The van der Waals surface area contributed by atoms with Crippen molar-refractivity contribution in [1.82, 2.24) is 9.80 Å². The van der Waals surface area contributed by atoms with Gasteiger partial charge in [-0.15, -0.1) is 0 Å². The third kappa shape index (κ3) is 3.47. The third-order valence-electron chi connectivity index (χ3n) is 3.55. The molecule has 0 spiro atoms. The van der Waals surface area contributed by atoms with Crippen LogP contribution in [0.3, 0.4) is 0 Å². The van der Waals surface area contributed by atoms with Crippen LogP contribution in [-0.2, 0) is 0 Å². The average Bonchev–Trinajstić information content (AvgIpc) is 2.43. The third-order valence-corrected chi connectivity index (χ3v) is 3.55. The molecule has 8 nitrogen and oxygen atoms in total. The predicted molar refractivity (Wildman–Crippen MR) is 74.7 cm³/mol. The van der Waals surface area contributed by atoms with Gasteiger partial charge in [0.15, 0.2) is 11.5 Å². The molecule has 8 heteroatoms. The molecule has 0 saturated carbocycles. The zero-order valence-corrected chi connectivity index (χ0v) is 11.7. The molecule has 2 rings (SSSR count). The fourth-order valence-corrected chi connectivity index (χ4v) is 2.20. The second-order valence-electron chi connectivity index (χ2n) is 5.12. The summed E-state index contributed by atoms with van der Waals surface area (Å²) in [5.41, 5.74) is -0.646. The van der Waals surface area contributed by atoms with Crippen molar-refractivity contribution in [2.75, 3.05) is 39.8 Å². The number of nitro groups is 1. The van der Waals surface area contributed by atoms with Crippen molar-refractivity contribution in [2.24, 2.45) is 0 Å². The highest BCUT2D eigenvalue weighted by Crippen LogP contribution is 2.36. The molecule has 0 aliphatic carbocycles. The van der Waals surface area contributed by atoms with Gasteiger partial charge in [0.05, 0.1) is 11.5 Å². The van der Waals surface area contributed by atoms with E-state index in [0.29, 0.717) is 0 Å². The summed E-state index contributed by atoms with van der Waals surface area (Å²) in [6.45, 7) is 3.33. The number of hydrogen-bond donors (Lipinski definition) is 2. The zero-order valence-electron chi connectivity index (χ0n) is 11.7. The summed E-state index contributed by atoms with van der Waals surface area (Å²) >= 11 is 0. The standard InChI is InChI=1S/C13H17N3O5/c1-14-2-4-15(5-3-14)8-12(18)9-6-10(16(20)21)13(19)11(17)7-9/h6-7,17,19H,2-5,8H2,1H3. The number of nitro benzene ring substituents is 1. The average molecular weight is 295 g/mol. The van der Waals surface area contributed by atoms with Crippen LogP contribution in [-0.4, -0.2) is 70.5 Å². The van der Waals surface area contributed by atoms with Gasteiger partial charge in [-0.3, -0.25) is 19.8 Å². The van der Waals surface area contributed by atoms with E-state index < -0.39 is 22.1 Å². The Balaban J connectivity index is 2.14. The molecule has 1 saturated heterocycles. The van der Waals surface area contributed by atoms with Crippen molar-refractivity contribution in [3.8, 4) is 11.5 Å². The van der Waals surface area contributed by atoms with Crippen molar-refractivity contribution < 1.29 is 19.9 Å². The van der Waals surface area contributed by atoms with Crippen LogP contribution in [0.15, 0.2) is 12.1 Å². The van der Waals surface area contributed by atoms with Crippen LogP contribution in [0.25, 0.3) is 0 Å². The van der Waals surface area contributed by atoms with E-state index in [9.17, 15) is 25.1 Å². The number of piperazine rings is 1. The van der Waals surface area contributed by atoms with E-state index in [4.69, 9.17) is 0 Å². The molecule has 1 aliphatic heterocycles. The lowest BCUT2D eigenvalue weighted by molar-refractivity contribution is -0.386. The quantitative estimate of drug-likeness (QED) is 0.359. The van der Waals surface area contributed by atoms with E-state index in [1.54, 1.807) is 0 Å². The first kappa shape index (κ1) is 15.2. The number of Topliss-reactive ketones (excluding diaryl/α,β-unsaturated/α-hetero) is 1. The van der Waals surface area contributed by atoms with Crippen LogP contribution in [0.4, 0.5) is 5.69 Å². The SMILES string of the molecule is CN1CCN(CC(=O)c2cc(O)c(O)c([N+](=O)[O-])c2)CC1. The van der Waals surface area contributed by atoms with Crippen LogP contribution in [0.2, 0.25) is 0 Å². The Hall–Kier alpha value is -2.19. The van der Waals surface area contributed by atoms with E-state index in [0.717, 1.165) is 38.3 Å². The molecule has 1 fully saturated rings. The Morgan fingerprint density at radius 2 is 1.90 bits per heavy atom. The Labute approximate surface area is 121 Å². The van der Waals surface area contributed by atoms with Gasteiger partial charge in [0.2, 0.25) is 5.75 Å². The number of nitrogens with zero attached hydrogens (tertiary/aromatic N) is 3. The number of ketones is 1. The predicted octanol–water partition coefficient (Wildman–Crippen LogP) is 0.436. The summed E-state index contributed by atoms with van der Waals surface area (Å²) in [6.07, 6.45) is 0. The summed E-state index contributed by atoms with van der Waals surface area (Å²) in [5.74, 6) is -1.81. The first-order valence-electron chi connectivity index (χ1n) is 6.53. The van der Waals surface area contributed by atoms with Gasteiger partial charge in [0.1, 0.15) is 0 Å². The first-order valence-corrected chi connectivity index (χ1v) is 6.53. The van der Waals surface area contributed by atoms with Crippen molar-refractivity contribution in [2.45, 2.75) is 0 Å². The van der Waals surface area contributed by atoms with E-state index in [1.165, 1.54) is 0 Å². The molecule has 0 radical (unpaired) electrons. The second kappa shape index (κ2) is 6.06. The molecule has 114 valence electrons. The van der Waals surface area contributed by atoms with Crippen LogP contribution < -0.4 is 0 Å². The lowest BCUT2D eigenvalue weighted by Gasteiger charge is -2.31. The lowest BCUT2D eigenvalue weighted by Crippen LogP contribution is -2.46. The zero-order chi connectivity index (χ0) is 15.6. The molecular formula is C13H17N3O5. The van der Waals surface area contributed by atoms with Crippen molar-refractivity contribution in [3.05, 3.63) is 27.8 Å². The maximum atomic E-state index is 12.2. The van der Waals surface area contributed by atoms with E-state index in [-0.39, 0.29) is 17.9 Å². The van der Waals surface area contributed by atoms with Gasteiger partial charge < -0.3 is 15.1 Å². The van der Waals surface area contributed by atoms with Gasteiger partial charge in [-0.25, -0.2) is 0 Å². The Morgan fingerprint density at radius 1 is 1.29 bits per heavy atom. The number of rotatable bonds is 4. The molecule has 0 atom stereocenters. The summed E-state index contributed by atoms with van der Waals surface area (Å²) < 4.78 is 0. The highest BCUT2D eigenvalue weighted by Gasteiger charge is 2.23. The topological polar surface area (TPSA) is 107 Å². The van der Waals surface area contributed by atoms with Crippen LogP contribution in [0, 0.1) is 10.1 Å². The highest BCUT2D eigenvalue weighted by molar-refractivity contribution is 5.99. The van der Waals surface area contributed by atoms with Gasteiger partial charge in [0, 0.05) is 37.8 Å². The molecule has 1 aromatic carbocycles. The molecule has 0 aromatic heterocycles. The maximum absolute atomic E-state index is 12.2. The maximum Gasteiger partial charge on any atom is 0.315 e. The van der Waals surface area contributed by atoms with Gasteiger partial charge in [-0.1, -0.05) is 0 Å². The molecular weight excluding hydrogens is 278 g/mol. The largest absolute Gasteiger partial charge is 0.504 e. The number of hydrogen-bond acceptors (Lipinski definition) is 7. The summed E-state index contributed by atoms with van der Waals surface area (Å²) in [4.78, 5) is 26.2. The number of carbonyl (C=O) groups excluding carboxylic acids is 1. The van der Waals surface area contributed by atoms with Crippen LogP contribution in [0.1, 0.15) is 10.4 Å². The number of aromatic hydroxyl groups is 2. The minimum atomic E-state index is -0.832. The Kier molecular flexibility index (Phi) is 4.39. The summed E-state index contributed by atoms with van der Waals surface area (Å²) in [6, 6.07) is 2.05. The molecule has 1 aromatic rings. The van der Waals surface area contributed by atoms with Crippen molar-refractivity contribution in [3.63, 3.8) is 0 Å². The number of phenolic OH excluding ortho intramolecular Hbond substituents is 2. The number of carbonyl (C=O) groups is 1. The van der Waals surface area contributed by atoms with E-state index in [1.807, 2.05) is 11.9 Å². The number of benzene rings is 1. The second-order valence-corrected chi connectivity index (χ2v) is 5.12. The minimum absolute atomic E-state index is 0.0240. The lowest BCUT2D eigenvalue weighted by atomic mass is 10.1. The monoisotopic (exact) mass is 295 g/mol. The van der Waals surface area contributed by atoms with E-state index in [2.05, 4.69) is 4.90 Å². The molecule has 21 heavy (non-hydrogen) atoms. The molecule has 0 bridgehead atoms.